The quantitative estimate of drug-likeness (QED) is 0.763. The Labute approximate surface area is 128 Å². The van der Waals surface area contributed by atoms with E-state index in [1.807, 2.05) is 31.3 Å². The van der Waals surface area contributed by atoms with E-state index < -0.39 is 0 Å². The van der Waals surface area contributed by atoms with E-state index in [9.17, 15) is 4.79 Å². The van der Waals surface area contributed by atoms with Crippen LogP contribution in [0.1, 0.15) is 17.9 Å². The average molecular weight is 294 g/mol. The van der Waals surface area contributed by atoms with E-state index in [-0.39, 0.29) is 11.8 Å². The second-order valence-corrected chi connectivity index (χ2v) is 5.97. The molecule has 1 unspecified atom stereocenters. The summed E-state index contributed by atoms with van der Waals surface area (Å²) >= 11 is 0. The van der Waals surface area contributed by atoms with Crippen LogP contribution in [0.15, 0.2) is 36.7 Å². The van der Waals surface area contributed by atoms with E-state index in [2.05, 4.69) is 25.9 Å². The molecule has 0 spiro atoms. The summed E-state index contributed by atoms with van der Waals surface area (Å²) in [5.74, 6) is 1.09. The summed E-state index contributed by atoms with van der Waals surface area (Å²) in [6.45, 7) is 2.89. The van der Waals surface area contributed by atoms with Crippen LogP contribution in [-0.2, 0) is 17.8 Å². The molecule has 1 aliphatic rings. The van der Waals surface area contributed by atoms with Gasteiger partial charge in [0.15, 0.2) is 0 Å². The van der Waals surface area contributed by atoms with Crippen molar-refractivity contribution in [1.82, 2.24) is 14.5 Å². The first-order chi connectivity index (χ1) is 10.7. The number of hydrogen-bond donors (Lipinski definition) is 2. The third kappa shape index (κ3) is 2.28. The number of aryl methyl sites for hydroxylation is 2. The van der Waals surface area contributed by atoms with Gasteiger partial charge in [-0.1, -0.05) is 0 Å². The zero-order chi connectivity index (χ0) is 15.1. The number of nitrogens with one attached hydrogen (secondary N) is 2. The van der Waals surface area contributed by atoms with Crippen molar-refractivity contribution in [3.63, 3.8) is 0 Å². The van der Waals surface area contributed by atoms with Gasteiger partial charge < -0.3 is 14.9 Å². The fourth-order valence-corrected chi connectivity index (χ4v) is 3.17. The van der Waals surface area contributed by atoms with E-state index in [1.54, 1.807) is 6.20 Å². The first kappa shape index (κ1) is 13.1. The molecule has 2 aromatic heterocycles. The number of imidazole rings is 1. The second kappa shape index (κ2) is 5.02. The number of benzene rings is 1. The van der Waals surface area contributed by atoms with Gasteiger partial charge in [-0.05, 0) is 37.6 Å². The highest BCUT2D eigenvalue weighted by Gasteiger charge is 2.25. The smallest absolute Gasteiger partial charge is 0.228 e. The maximum Gasteiger partial charge on any atom is 0.228 e. The van der Waals surface area contributed by atoms with Gasteiger partial charge >= 0.3 is 0 Å². The number of carbonyl (C=O) groups is 1. The van der Waals surface area contributed by atoms with Crippen LogP contribution in [0.3, 0.4) is 0 Å². The Balaban J connectivity index is 1.51. The molecule has 0 radical (unpaired) electrons. The second-order valence-electron chi connectivity index (χ2n) is 5.97. The van der Waals surface area contributed by atoms with Crippen LogP contribution < -0.4 is 5.32 Å². The maximum atomic E-state index is 12.5. The van der Waals surface area contributed by atoms with Crippen LogP contribution in [0.4, 0.5) is 5.69 Å². The molecule has 2 N–H and O–H groups in total. The molecule has 0 bridgehead atoms. The number of aromatic amines is 1. The molecule has 112 valence electrons. The summed E-state index contributed by atoms with van der Waals surface area (Å²) in [6.07, 6.45) is 5.36. The van der Waals surface area contributed by atoms with Crippen molar-refractivity contribution in [2.45, 2.75) is 26.3 Å². The molecule has 3 aromatic rings. The lowest BCUT2D eigenvalue weighted by Crippen LogP contribution is -2.30. The summed E-state index contributed by atoms with van der Waals surface area (Å²) in [5, 5.41) is 4.17. The lowest BCUT2D eigenvalue weighted by atomic mass is 9.97. The third-order valence-electron chi connectivity index (χ3n) is 4.34. The zero-order valence-corrected chi connectivity index (χ0v) is 12.5. The summed E-state index contributed by atoms with van der Waals surface area (Å²) < 4.78 is 2.12. The number of H-pyrrole nitrogens is 1. The molecular weight excluding hydrogens is 276 g/mol. The van der Waals surface area contributed by atoms with Crippen LogP contribution in [0.5, 0.6) is 0 Å². The van der Waals surface area contributed by atoms with Crippen molar-refractivity contribution < 1.29 is 4.79 Å². The minimum Gasteiger partial charge on any atom is -0.359 e. The van der Waals surface area contributed by atoms with Gasteiger partial charge in [-0.25, -0.2) is 4.98 Å². The number of aromatic nitrogens is 3. The summed E-state index contributed by atoms with van der Waals surface area (Å²) in [6, 6.07) is 8.05. The predicted molar refractivity (Wildman–Crippen MR) is 85.7 cm³/mol. The fourth-order valence-electron chi connectivity index (χ4n) is 3.17. The van der Waals surface area contributed by atoms with Crippen molar-refractivity contribution in [1.29, 1.82) is 0 Å². The Morgan fingerprint density at radius 1 is 1.41 bits per heavy atom. The molecule has 22 heavy (non-hydrogen) atoms. The number of rotatable bonds is 2. The van der Waals surface area contributed by atoms with Crippen molar-refractivity contribution in [2.75, 3.05) is 5.32 Å². The van der Waals surface area contributed by atoms with E-state index >= 15 is 0 Å². The molecule has 1 amide bonds. The van der Waals surface area contributed by atoms with Gasteiger partial charge in [0.2, 0.25) is 5.91 Å². The minimum atomic E-state index is -0.00134. The lowest BCUT2D eigenvalue weighted by molar-refractivity contribution is -0.120. The van der Waals surface area contributed by atoms with Crippen LogP contribution in [0.25, 0.3) is 10.9 Å². The Kier molecular flexibility index (Phi) is 2.99. The van der Waals surface area contributed by atoms with E-state index in [0.29, 0.717) is 6.42 Å². The van der Waals surface area contributed by atoms with Gasteiger partial charge in [0, 0.05) is 53.6 Å². The highest BCUT2D eigenvalue weighted by molar-refractivity contribution is 5.95. The third-order valence-corrected chi connectivity index (χ3v) is 4.34. The monoisotopic (exact) mass is 294 g/mol. The molecule has 5 nitrogen and oxygen atoms in total. The summed E-state index contributed by atoms with van der Waals surface area (Å²) in [4.78, 5) is 20.1. The van der Waals surface area contributed by atoms with Crippen LogP contribution in [0, 0.1) is 12.8 Å². The van der Waals surface area contributed by atoms with Gasteiger partial charge in [0.1, 0.15) is 5.82 Å². The molecule has 0 aliphatic carbocycles. The van der Waals surface area contributed by atoms with Gasteiger partial charge in [-0.15, -0.1) is 0 Å². The van der Waals surface area contributed by atoms with E-state index in [4.69, 9.17) is 0 Å². The summed E-state index contributed by atoms with van der Waals surface area (Å²) in [5.41, 5.74) is 3.07. The largest absolute Gasteiger partial charge is 0.359 e. The summed E-state index contributed by atoms with van der Waals surface area (Å²) in [7, 11) is 0. The Morgan fingerprint density at radius 2 is 2.32 bits per heavy atom. The van der Waals surface area contributed by atoms with E-state index in [0.717, 1.165) is 41.1 Å². The molecule has 0 saturated carbocycles. The number of amides is 1. The molecule has 1 aliphatic heterocycles. The molecule has 0 saturated heterocycles. The number of nitrogens with zero attached hydrogens (tertiary/aromatic N) is 2. The van der Waals surface area contributed by atoms with Crippen LogP contribution in [0.2, 0.25) is 0 Å². The Morgan fingerprint density at radius 3 is 3.23 bits per heavy atom. The van der Waals surface area contributed by atoms with Crippen molar-refractivity contribution in [3.05, 3.63) is 48.2 Å². The van der Waals surface area contributed by atoms with Gasteiger partial charge in [0.05, 0.1) is 0 Å². The topological polar surface area (TPSA) is 62.7 Å². The van der Waals surface area contributed by atoms with Gasteiger partial charge in [-0.3, -0.25) is 4.79 Å². The average Bonchev–Trinajstić information content (AvgIpc) is 3.10. The highest BCUT2D eigenvalue weighted by atomic mass is 16.1. The van der Waals surface area contributed by atoms with Crippen molar-refractivity contribution in [2.24, 2.45) is 5.92 Å². The zero-order valence-electron chi connectivity index (χ0n) is 12.5. The minimum absolute atomic E-state index is 0.00134. The van der Waals surface area contributed by atoms with Crippen LogP contribution in [-0.4, -0.2) is 20.4 Å². The number of fused-ring (bicyclic) bond motifs is 2. The molecule has 3 heterocycles. The van der Waals surface area contributed by atoms with Gasteiger partial charge in [-0.2, -0.15) is 0 Å². The predicted octanol–water partition coefficient (Wildman–Crippen LogP) is 2.87. The van der Waals surface area contributed by atoms with E-state index in [1.165, 1.54) is 0 Å². The van der Waals surface area contributed by atoms with Crippen LogP contribution >= 0.6 is 0 Å². The molecule has 1 atom stereocenters. The fraction of sp³-hybridized carbons (Fsp3) is 0.294. The number of carbonyl (C=O) groups excluding carboxylic acids is 1. The number of hydrogen-bond acceptors (Lipinski definition) is 2. The standard InChI is InChI=1S/C17H18N4O/c1-11-8-13-9-14(2-3-15(13)19-11)20-17(22)12-4-6-21-7-5-18-16(21)10-12/h2-3,5,7-9,12,19H,4,6,10H2,1H3,(H,20,22). The highest BCUT2D eigenvalue weighted by Crippen LogP contribution is 2.23. The van der Waals surface area contributed by atoms with Gasteiger partial charge in [0.25, 0.3) is 0 Å². The normalized spacial score (nSPS) is 17.4. The molecule has 5 heteroatoms. The molecule has 0 fully saturated rings. The Hall–Kier alpha value is -2.56. The molecule has 4 rings (SSSR count). The first-order valence-electron chi connectivity index (χ1n) is 7.59. The Bertz CT molecular complexity index is 845. The molecular formula is C17H18N4O. The van der Waals surface area contributed by atoms with Crippen molar-refractivity contribution >= 4 is 22.5 Å². The maximum absolute atomic E-state index is 12.5. The molecule has 1 aromatic carbocycles. The van der Waals surface area contributed by atoms with Crippen molar-refractivity contribution in [3.8, 4) is 0 Å². The lowest BCUT2D eigenvalue weighted by Gasteiger charge is -2.22. The number of anilines is 1. The first-order valence-corrected chi connectivity index (χ1v) is 7.59. The SMILES string of the molecule is Cc1cc2cc(NC(=O)C3CCn4ccnc4C3)ccc2[nH]1.